The van der Waals surface area contributed by atoms with Gasteiger partial charge in [-0.05, 0) is 18.9 Å². The summed E-state index contributed by atoms with van der Waals surface area (Å²) in [4.78, 5) is 18.9. The highest BCUT2D eigenvalue weighted by Gasteiger charge is 2.09. The summed E-state index contributed by atoms with van der Waals surface area (Å²) in [7, 11) is 1.87. The van der Waals surface area contributed by atoms with Crippen LogP contribution in [0.4, 0.5) is 5.95 Å². The number of aryl methyl sites for hydroxylation is 2. The van der Waals surface area contributed by atoms with Crippen molar-refractivity contribution in [1.82, 2.24) is 19.7 Å². The van der Waals surface area contributed by atoms with Gasteiger partial charge in [0.05, 0.1) is 17.5 Å². The molecule has 19 heavy (non-hydrogen) atoms. The molecule has 2 N–H and O–H groups in total. The maximum Gasteiger partial charge on any atom is 0.339 e. The first-order chi connectivity index (χ1) is 9.06. The Labute approximate surface area is 110 Å². The third-order valence-corrected chi connectivity index (χ3v) is 2.66. The maximum atomic E-state index is 10.8. The highest BCUT2D eigenvalue weighted by atomic mass is 16.4. The van der Waals surface area contributed by atoms with Gasteiger partial charge in [-0.25, -0.2) is 14.8 Å². The van der Waals surface area contributed by atoms with E-state index in [1.807, 2.05) is 13.2 Å². The van der Waals surface area contributed by atoms with E-state index in [2.05, 4.69) is 20.4 Å². The monoisotopic (exact) mass is 261 g/mol. The van der Waals surface area contributed by atoms with E-state index in [1.54, 1.807) is 17.8 Å². The molecule has 7 nitrogen and oxygen atoms in total. The Morgan fingerprint density at radius 1 is 1.47 bits per heavy atom. The third kappa shape index (κ3) is 3.27. The molecule has 0 aliphatic heterocycles. The average Bonchev–Trinajstić information content (AvgIpc) is 2.75. The van der Waals surface area contributed by atoms with Gasteiger partial charge in [0.2, 0.25) is 5.95 Å². The van der Waals surface area contributed by atoms with Gasteiger partial charge in [-0.15, -0.1) is 0 Å². The van der Waals surface area contributed by atoms with Gasteiger partial charge in [-0.3, -0.25) is 4.68 Å². The van der Waals surface area contributed by atoms with Gasteiger partial charge in [0.15, 0.2) is 0 Å². The van der Waals surface area contributed by atoms with Crippen molar-refractivity contribution in [2.45, 2.75) is 13.3 Å². The molecule has 0 fully saturated rings. The van der Waals surface area contributed by atoms with Crippen LogP contribution in [0.3, 0.4) is 0 Å². The molecule has 0 bridgehead atoms. The molecule has 100 valence electrons. The smallest absolute Gasteiger partial charge is 0.339 e. The van der Waals surface area contributed by atoms with Gasteiger partial charge in [0, 0.05) is 26.0 Å². The first kappa shape index (κ1) is 13.0. The highest BCUT2D eigenvalue weighted by Crippen LogP contribution is 2.07. The summed E-state index contributed by atoms with van der Waals surface area (Å²) in [6.07, 6.45) is 5.87. The van der Waals surface area contributed by atoms with E-state index in [0.29, 0.717) is 18.2 Å². The molecular formula is C12H15N5O2. The summed E-state index contributed by atoms with van der Waals surface area (Å²) in [6.45, 7) is 2.31. The Balaban J connectivity index is 1.93. The minimum Gasteiger partial charge on any atom is -0.478 e. The van der Waals surface area contributed by atoms with Crippen LogP contribution < -0.4 is 5.32 Å². The molecule has 7 heteroatoms. The molecule has 2 heterocycles. The van der Waals surface area contributed by atoms with E-state index < -0.39 is 5.97 Å². The zero-order chi connectivity index (χ0) is 13.8. The van der Waals surface area contributed by atoms with Crippen LogP contribution in [0.1, 0.15) is 21.6 Å². The van der Waals surface area contributed by atoms with Crippen LogP contribution in [-0.2, 0) is 13.5 Å². The van der Waals surface area contributed by atoms with E-state index in [1.165, 1.54) is 6.20 Å². The molecule has 0 aliphatic carbocycles. The fourth-order valence-corrected chi connectivity index (χ4v) is 1.68. The fourth-order valence-electron chi connectivity index (χ4n) is 1.68. The molecule has 0 unspecified atom stereocenters. The van der Waals surface area contributed by atoms with Gasteiger partial charge in [-0.2, -0.15) is 5.10 Å². The molecule has 0 aliphatic rings. The zero-order valence-corrected chi connectivity index (χ0v) is 10.8. The lowest BCUT2D eigenvalue weighted by atomic mass is 10.2. The zero-order valence-electron chi connectivity index (χ0n) is 10.8. The standard InChI is InChI=1S/C12H15N5O2/c1-8-10(11(18)19)6-14-12(16-8)13-4-3-9-5-15-17(2)7-9/h5-7H,3-4H2,1-2H3,(H,18,19)(H,13,14,16). The van der Waals surface area contributed by atoms with Crippen LogP contribution >= 0.6 is 0 Å². The van der Waals surface area contributed by atoms with Gasteiger partial charge in [0.1, 0.15) is 0 Å². The summed E-state index contributed by atoms with van der Waals surface area (Å²) in [5.41, 5.74) is 1.69. The first-order valence-electron chi connectivity index (χ1n) is 5.84. The summed E-state index contributed by atoms with van der Waals surface area (Å²) < 4.78 is 1.75. The van der Waals surface area contributed by atoms with E-state index in [0.717, 1.165) is 12.0 Å². The van der Waals surface area contributed by atoms with Gasteiger partial charge >= 0.3 is 5.97 Å². The number of carboxylic acid groups (broad SMARTS) is 1. The Morgan fingerprint density at radius 2 is 2.26 bits per heavy atom. The van der Waals surface area contributed by atoms with Crippen LogP contribution in [0, 0.1) is 6.92 Å². The molecule has 0 atom stereocenters. The molecule has 0 radical (unpaired) electrons. The van der Waals surface area contributed by atoms with E-state index >= 15 is 0 Å². The number of aromatic carboxylic acids is 1. The summed E-state index contributed by atoms with van der Waals surface area (Å²) >= 11 is 0. The van der Waals surface area contributed by atoms with Crippen LogP contribution in [0.2, 0.25) is 0 Å². The lowest BCUT2D eigenvalue weighted by molar-refractivity contribution is 0.0695. The number of carbonyl (C=O) groups is 1. The molecule has 0 spiro atoms. The van der Waals surface area contributed by atoms with Crippen molar-refractivity contribution >= 4 is 11.9 Å². The van der Waals surface area contributed by atoms with Crippen molar-refractivity contribution < 1.29 is 9.90 Å². The fraction of sp³-hybridized carbons (Fsp3) is 0.333. The van der Waals surface area contributed by atoms with Crippen molar-refractivity contribution in [2.24, 2.45) is 7.05 Å². The maximum absolute atomic E-state index is 10.8. The molecule has 0 amide bonds. The normalized spacial score (nSPS) is 10.4. The minimum absolute atomic E-state index is 0.123. The number of aromatic nitrogens is 4. The minimum atomic E-state index is -1.01. The lowest BCUT2D eigenvalue weighted by Crippen LogP contribution is -2.10. The SMILES string of the molecule is Cc1nc(NCCc2cnn(C)c2)ncc1C(=O)O. The summed E-state index contributed by atoms with van der Waals surface area (Å²) in [5.74, 6) is -0.578. The van der Waals surface area contributed by atoms with Crippen LogP contribution in [0.5, 0.6) is 0 Å². The van der Waals surface area contributed by atoms with Gasteiger partial charge in [-0.1, -0.05) is 0 Å². The largest absolute Gasteiger partial charge is 0.478 e. The summed E-state index contributed by atoms with van der Waals surface area (Å²) in [5, 5.41) is 16.0. The van der Waals surface area contributed by atoms with Crippen molar-refractivity contribution in [1.29, 1.82) is 0 Å². The highest BCUT2D eigenvalue weighted by molar-refractivity contribution is 5.88. The van der Waals surface area contributed by atoms with Crippen molar-refractivity contribution in [3.63, 3.8) is 0 Å². The quantitative estimate of drug-likeness (QED) is 0.829. The molecule has 0 saturated carbocycles. The Hall–Kier alpha value is -2.44. The first-order valence-corrected chi connectivity index (χ1v) is 5.84. The number of carboxylic acids is 1. The van der Waals surface area contributed by atoms with Gasteiger partial charge in [0.25, 0.3) is 0 Å². The number of rotatable bonds is 5. The Bertz CT molecular complexity index is 594. The number of nitrogens with one attached hydrogen (secondary N) is 1. The number of anilines is 1. The van der Waals surface area contributed by atoms with E-state index in [9.17, 15) is 4.79 Å². The van der Waals surface area contributed by atoms with Crippen molar-refractivity contribution in [2.75, 3.05) is 11.9 Å². The second-order valence-electron chi connectivity index (χ2n) is 4.20. The molecule has 2 aromatic rings. The molecule has 0 aromatic carbocycles. The summed E-state index contributed by atoms with van der Waals surface area (Å²) in [6, 6.07) is 0. The van der Waals surface area contributed by atoms with Gasteiger partial charge < -0.3 is 10.4 Å². The molecule has 2 rings (SSSR count). The van der Waals surface area contributed by atoms with E-state index in [4.69, 9.17) is 5.11 Å². The second kappa shape index (κ2) is 5.47. The van der Waals surface area contributed by atoms with E-state index in [-0.39, 0.29) is 5.56 Å². The Morgan fingerprint density at radius 3 is 2.84 bits per heavy atom. The van der Waals surface area contributed by atoms with Crippen molar-refractivity contribution in [3.05, 3.63) is 35.4 Å². The number of nitrogens with zero attached hydrogens (tertiary/aromatic N) is 4. The third-order valence-electron chi connectivity index (χ3n) is 2.66. The second-order valence-corrected chi connectivity index (χ2v) is 4.20. The number of hydrogen-bond acceptors (Lipinski definition) is 5. The molecule has 2 aromatic heterocycles. The topological polar surface area (TPSA) is 92.9 Å². The number of hydrogen-bond donors (Lipinski definition) is 2. The van der Waals surface area contributed by atoms with Crippen LogP contribution in [-0.4, -0.2) is 37.4 Å². The average molecular weight is 261 g/mol. The van der Waals surface area contributed by atoms with Crippen LogP contribution in [0.25, 0.3) is 0 Å². The Kier molecular flexibility index (Phi) is 3.74. The van der Waals surface area contributed by atoms with Crippen molar-refractivity contribution in [3.8, 4) is 0 Å². The lowest BCUT2D eigenvalue weighted by Gasteiger charge is -2.05. The molecular weight excluding hydrogens is 246 g/mol. The predicted octanol–water partition coefficient (Wildman–Crippen LogP) is 0.871. The molecule has 0 saturated heterocycles. The predicted molar refractivity (Wildman–Crippen MR) is 69.1 cm³/mol. The van der Waals surface area contributed by atoms with Crippen LogP contribution in [0.15, 0.2) is 18.6 Å².